The highest BCUT2D eigenvalue weighted by Crippen LogP contribution is 2.33. The Morgan fingerprint density at radius 1 is 1.17 bits per heavy atom. The van der Waals surface area contributed by atoms with Gasteiger partial charge < -0.3 is 11.1 Å². The fraction of sp³-hybridized carbons (Fsp3) is 0.217. The molecule has 0 saturated heterocycles. The molecule has 3 rings (SSSR count). The quantitative estimate of drug-likeness (QED) is 0.347. The molecule has 0 aliphatic carbocycles. The van der Waals surface area contributed by atoms with E-state index in [9.17, 15) is 30.8 Å². The number of carbonyl (C=O) groups is 1. The maximum absolute atomic E-state index is 14.5. The minimum absolute atomic E-state index is 0.0154. The average Bonchev–Trinajstić information content (AvgIpc) is 2.77. The van der Waals surface area contributed by atoms with Crippen LogP contribution in [0.5, 0.6) is 0 Å². The maximum atomic E-state index is 14.5. The van der Waals surface area contributed by atoms with E-state index < -0.39 is 49.9 Å². The molecule has 3 aromatic rings. The minimum Gasteiger partial charge on any atom is -0.396 e. The first kappa shape index (κ1) is 26.4. The Morgan fingerprint density at radius 3 is 2.46 bits per heavy atom. The number of pyridine rings is 1. The molecular formula is C23H20ClF4N3O3S. The predicted octanol–water partition coefficient (Wildman–Crippen LogP) is 4.97. The van der Waals surface area contributed by atoms with Crippen molar-refractivity contribution in [3.05, 3.63) is 76.2 Å². The molecule has 3 N–H and O–H groups in total. The van der Waals surface area contributed by atoms with Gasteiger partial charge in [0.2, 0.25) is 5.91 Å². The molecule has 12 heteroatoms. The first-order valence-corrected chi connectivity index (χ1v) is 12.4. The van der Waals surface area contributed by atoms with E-state index in [2.05, 4.69) is 10.3 Å². The van der Waals surface area contributed by atoms with E-state index in [-0.39, 0.29) is 23.4 Å². The monoisotopic (exact) mass is 529 g/mol. The number of amides is 1. The highest BCUT2D eigenvalue weighted by molar-refractivity contribution is 7.90. The van der Waals surface area contributed by atoms with E-state index in [0.29, 0.717) is 10.6 Å². The van der Waals surface area contributed by atoms with Crippen LogP contribution in [0.15, 0.2) is 53.4 Å². The number of anilines is 1. The second-order valence-corrected chi connectivity index (χ2v) is 10.2. The highest BCUT2D eigenvalue weighted by atomic mass is 35.5. The number of carbonyl (C=O) groups excluding carboxylic acids is 1. The van der Waals surface area contributed by atoms with Crippen molar-refractivity contribution >= 4 is 33.0 Å². The first-order valence-electron chi connectivity index (χ1n) is 10.1. The Hall–Kier alpha value is -3.18. The number of nitrogen functional groups attached to an aromatic ring is 1. The second-order valence-electron chi connectivity index (χ2n) is 7.80. The third kappa shape index (κ3) is 5.91. The van der Waals surface area contributed by atoms with Crippen molar-refractivity contribution in [3.63, 3.8) is 0 Å². The summed E-state index contributed by atoms with van der Waals surface area (Å²) >= 11 is 5.98. The van der Waals surface area contributed by atoms with Crippen LogP contribution in [0.3, 0.4) is 0 Å². The van der Waals surface area contributed by atoms with Crippen molar-refractivity contribution in [3.8, 4) is 11.3 Å². The molecule has 6 nitrogen and oxygen atoms in total. The molecule has 0 radical (unpaired) electrons. The topological polar surface area (TPSA) is 102 Å². The van der Waals surface area contributed by atoms with E-state index >= 15 is 0 Å². The smallest absolute Gasteiger partial charge is 0.396 e. The number of hydrogen-bond donors (Lipinski definition) is 2. The molecule has 0 aliphatic rings. The molecule has 186 valence electrons. The van der Waals surface area contributed by atoms with Gasteiger partial charge >= 0.3 is 6.18 Å². The summed E-state index contributed by atoms with van der Waals surface area (Å²) in [7, 11) is -3.87. The molecule has 0 saturated carbocycles. The number of benzene rings is 2. The number of sulfone groups is 1. The van der Waals surface area contributed by atoms with Gasteiger partial charge in [-0.1, -0.05) is 35.9 Å². The number of aromatic nitrogens is 1. The summed E-state index contributed by atoms with van der Waals surface area (Å²) in [6.45, 7) is 1.24. The summed E-state index contributed by atoms with van der Waals surface area (Å²) in [5.74, 6) is -2.75. The van der Waals surface area contributed by atoms with Crippen molar-refractivity contribution in [2.24, 2.45) is 0 Å². The summed E-state index contributed by atoms with van der Waals surface area (Å²) in [6, 6.07) is 10.4. The lowest BCUT2D eigenvalue weighted by atomic mass is 9.98. The van der Waals surface area contributed by atoms with Crippen LogP contribution in [-0.2, 0) is 27.4 Å². The number of halogens is 5. The van der Waals surface area contributed by atoms with Gasteiger partial charge in [0, 0.05) is 23.4 Å². The molecule has 0 aliphatic heterocycles. The summed E-state index contributed by atoms with van der Waals surface area (Å²) in [4.78, 5) is 15.9. The van der Waals surface area contributed by atoms with Crippen molar-refractivity contribution < 1.29 is 30.8 Å². The third-order valence-electron chi connectivity index (χ3n) is 5.26. The number of nitrogens with two attached hydrogens (primary N) is 1. The molecule has 1 amide bonds. The summed E-state index contributed by atoms with van der Waals surface area (Å²) < 4.78 is 77.6. The molecule has 1 heterocycles. The van der Waals surface area contributed by atoms with Crippen LogP contribution in [0.2, 0.25) is 5.02 Å². The number of rotatable bonds is 6. The second kappa shape index (κ2) is 9.82. The standard InChI is InChI=1S/C23H20ClF4N3O3S/c1-12(16-7-8-17(35(2,33)34)19(25)20(16)29)22(32)30-11-14-6-9-18(23(26,27)28)31-21(14)13-4-3-5-15(24)10-13/h3-10,12H,11,29H2,1-2H3,(H,30,32). The highest BCUT2D eigenvalue weighted by Gasteiger charge is 2.33. The minimum atomic E-state index is -4.68. The molecule has 1 aromatic heterocycles. The lowest BCUT2D eigenvalue weighted by molar-refractivity contribution is -0.141. The average molecular weight is 530 g/mol. The Morgan fingerprint density at radius 2 is 1.86 bits per heavy atom. The van der Waals surface area contributed by atoms with Crippen LogP contribution >= 0.6 is 11.6 Å². The molecule has 0 fully saturated rings. The Bertz CT molecular complexity index is 1400. The van der Waals surface area contributed by atoms with Crippen LogP contribution < -0.4 is 11.1 Å². The van der Waals surface area contributed by atoms with E-state index in [1.54, 1.807) is 12.1 Å². The van der Waals surface area contributed by atoms with Crippen LogP contribution in [0.4, 0.5) is 23.2 Å². The molecule has 2 aromatic carbocycles. The van der Waals surface area contributed by atoms with Crippen molar-refractivity contribution in [2.45, 2.75) is 30.5 Å². The van der Waals surface area contributed by atoms with Gasteiger partial charge in [-0.2, -0.15) is 13.2 Å². The number of alkyl halides is 3. The van der Waals surface area contributed by atoms with Gasteiger partial charge in [0.1, 0.15) is 10.6 Å². The van der Waals surface area contributed by atoms with Gasteiger partial charge in [-0.05, 0) is 42.3 Å². The van der Waals surface area contributed by atoms with Gasteiger partial charge in [-0.15, -0.1) is 0 Å². The summed E-state index contributed by atoms with van der Waals surface area (Å²) in [5.41, 5.74) is 4.82. The van der Waals surface area contributed by atoms with Gasteiger partial charge in [-0.3, -0.25) is 4.79 Å². The number of hydrogen-bond acceptors (Lipinski definition) is 5. The van der Waals surface area contributed by atoms with E-state index in [1.165, 1.54) is 31.2 Å². The van der Waals surface area contributed by atoms with Crippen LogP contribution in [-0.4, -0.2) is 25.6 Å². The molecular weight excluding hydrogens is 510 g/mol. The summed E-state index contributed by atoms with van der Waals surface area (Å²) in [6.07, 6.45) is -3.85. The van der Waals surface area contributed by atoms with Gasteiger partial charge in [0.25, 0.3) is 0 Å². The van der Waals surface area contributed by atoms with Crippen LogP contribution in [0.25, 0.3) is 11.3 Å². The molecule has 0 bridgehead atoms. The maximum Gasteiger partial charge on any atom is 0.433 e. The largest absolute Gasteiger partial charge is 0.433 e. The zero-order valence-electron chi connectivity index (χ0n) is 18.5. The molecule has 1 unspecified atom stereocenters. The fourth-order valence-corrected chi connectivity index (χ4v) is 4.34. The molecule has 1 atom stereocenters. The Kier molecular flexibility index (Phi) is 7.42. The SMILES string of the molecule is CC(C(=O)NCc1ccc(C(F)(F)F)nc1-c1cccc(Cl)c1)c1ccc(S(C)(=O)=O)c(F)c1N. The molecule has 35 heavy (non-hydrogen) atoms. The van der Waals surface area contributed by atoms with Crippen LogP contribution in [0, 0.1) is 5.82 Å². The normalized spacial score (nSPS) is 12.9. The lowest BCUT2D eigenvalue weighted by Gasteiger charge is -2.18. The lowest BCUT2D eigenvalue weighted by Crippen LogP contribution is -2.28. The Labute approximate surface area is 204 Å². The molecule has 0 spiro atoms. The Balaban J connectivity index is 1.89. The first-order chi connectivity index (χ1) is 16.2. The van der Waals surface area contributed by atoms with Gasteiger partial charge in [0.05, 0.1) is 17.3 Å². The zero-order chi connectivity index (χ0) is 26.1. The van der Waals surface area contributed by atoms with Crippen molar-refractivity contribution in [1.29, 1.82) is 0 Å². The van der Waals surface area contributed by atoms with E-state index in [0.717, 1.165) is 18.4 Å². The fourth-order valence-electron chi connectivity index (χ4n) is 3.40. The van der Waals surface area contributed by atoms with E-state index in [1.807, 2.05) is 0 Å². The van der Waals surface area contributed by atoms with Crippen molar-refractivity contribution in [2.75, 3.05) is 12.0 Å². The van der Waals surface area contributed by atoms with Gasteiger partial charge in [-0.25, -0.2) is 17.8 Å². The zero-order valence-corrected chi connectivity index (χ0v) is 20.0. The number of nitrogens with one attached hydrogen (secondary N) is 1. The number of nitrogens with zero attached hydrogens (tertiary/aromatic N) is 1. The van der Waals surface area contributed by atoms with E-state index in [4.69, 9.17) is 17.3 Å². The van der Waals surface area contributed by atoms with Crippen LogP contribution in [0.1, 0.15) is 29.7 Å². The van der Waals surface area contributed by atoms with Gasteiger partial charge in [0.15, 0.2) is 15.7 Å². The summed E-state index contributed by atoms with van der Waals surface area (Å²) in [5, 5.41) is 2.87. The predicted molar refractivity (Wildman–Crippen MR) is 124 cm³/mol. The van der Waals surface area contributed by atoms with Crippen molar-refractivity contribution in [1.82, 2.24) is 10.3 Å². The third-order valence-corrected chi connectivity index (χ3v) is 6.61.